The fraction of sp³-hybridized carbons (Fsp3) is 0.364. The van der Waals surface area contributed by atoms with E-state index in [1.807, 2.05) is 21.7 Å². The molecule has 1 aliphatic rings. The molecule has 0 spiro atoms. The Bertz CT molecular complexity index is 503. The zero-order valence-electron chi connectivity index (χ0n) is 9.65. The van der Waals surface area contributed by atoms with Gasteiger partial charge < -0.3 is 9.80 Å². The SMILES string of the molecule is O=C(c1ccsc1)N1CCN(c2cnsn2)CC1. The van der Waals surface area contributed by atoms with E-state index in [-0.39, 0.29) is 5.91 Å². The lowest BCUT2D eigenvalue weighted by Crippen LogP contribution is -2.48. The normalized spacial score (nSPS) is 16.0. The van der Waals surface area contributed by atoms with Gasteiger partial charge in [-0.3, -0.25) is 4.79 Å². The van der Waals surface area contributed by atoms with Crippen LogP contribution in [0.5, 0.6) is 0 Å². The van der Waals surface area contributed by atoms with Crippen molar-refractivity contribution in [2.45, 2.75) is 0 Å². The Labute approximate surface area is 113 Å². The summed E-state index contributed by atoms with van der Waals surface area (Å²) in [6.07, 6.45) is 1.78. The summed E-state index contributed by atoms with van der Waals surface area (Å²) in [5.74, 6) is 1.05. The molecule has 18 heavy (non-hydrogen) atoms. The van der Waals surface area contributed by atoms with Crippen LogP contribution in [0.3, 0.4) is 0 Å². The summed E-state index contributed by atoms with van der Waals surface area (Å²) in [6, 6.07) is 1.88. The summed E-state index contributed by atoms with van der Waals surface area (Å²) < 4.78 is 8.22. The second-order valence-corrected chi connectivity index (χ2v) is 5.39. The number of rotatable bonds is 2. The summed E-state index contributed by atoms with van der Waals surface area (Å²) in [5.41, 5.74) is 0.795. The van der Waals surface area contributed by atoms with Crippen LogP contribution in [0.1, 0.15) is 10.4 Å². The van der Waals surface area contributed by atoms with E-state index in [9.17, 15) is 4.79 Å². The summed E-state index contributed by atoms with van der Waals surface area (Å²) in [7, 11) is 0. The number of hydrogen-bond donors (Lipinski definition) is 0. The molecule has 0 aliphatic carbocycles. The van der Waals surface area contributed by atoms with E-state index in [0.29, 0.717) is 0 Å². The van der Waals surface area contributed by atoms with Crippen LogP contribution >= 0.6 is 23.1 Å². The first-order valence-corrected chi connectivity index (χ1v) is 7.36. The van der Waals surface area contributed by atoms with Crippen molar-refractivity contribution in [1.29, 1.82) is 0 Å². The molecule has 2 aromatic rings. The molecule has 3 rings (SSSR count). The number of piperazine rings is 1. The number of hydrogen-bond acceptors (Lipinski definition) is 6. The number of carbonyl (C=O) groups is 1. The molecule has 1 aliphatic heterocycles. The highest BCUT2D eigenvalue weighted by Crippen LogP contribution is 2.16. The van der Waals surface area contributed by atoms with Gasteiger partial charge in [0, 0.05) is 31.6 Å². The number of amides is 1. The molecule has 7 heteroatoms. The predicted octanol–water partition coefficient (Wildman–Crippen LogP) is 1.56. The van der Waals surface area contributed by atoms with Gasteiger partial charge in [-0.2, -0.15) is 20.1 Å². The van der Waals surface area contributed by atoms with Gasteiger partial charge in [0.25, 0.3) is 5.91 Å². The van der Waals surface area contributed by atoms with Gasteiger partial charge in [0.15, 0.2) is 5.82 Å². The lowest BCUT2D eigenvalue weighted by Gasteiger charge is -2.34. The zero-order chi connectivity index (χ0) is 12.4. The standard InChI is InChI=1S/C11H12N4OS2/c16-11(9-1-6-17-8-9)15-4-2-14(3-5-15)10-7-12-18-13-10/h1,6-8H,2-5H2. The van der Waals surface area contributed by atoms with E-state index in [1.54, 1.807) is 17.5 Å². The van der Waals surface area contributed by atoms with E-state index in [0.717, 1.165) is 37.6 Å². The monoisotopic (exact) mass is 280 g/mol. The Kier molecular flexibility index (Phi) is 3.24. The topological polar surface area (TPSA) is 49.3 Å². The number of nitrogens with zero attached hydrogens (tertiary/aromatic N) is 4. The average molecular weight is 280 g/mol. The lowest BCUT2D eigenvalue weighted by atomic mass is 10.2. The minimum Gasteiger partial charge on any atom is -0.351 e. The highest BCUT2D eigenvalue weighted by molar-refractivity contribution is 7.08. The number of anilines is 1. The third-order valence-electron chi connectivity index (χ3n) is 3.01. The molecule has 3 heterocycles. The van der Waals surface area contributed by atoms with E-state index in [1.165, 1.54) is 11.7 Å². The van der Waals surface area contributed by atoms with E-state index in [2.05, 4.69) is 13.6 Å². The molecule has 0 saturated carbocycles. The number of thiophene rings is 1. The van der Waals surface area contributed by atoms with E-state index >= 15 is 0 Å². The fourth-order valence-electron chi connectivity index (χ4n) is 2.01. The minimum absolute atomic E-state index is 0.132. The second kappa shape index (κ2) is 5.03. The van der Waals surface area contributed by atoms with Gasteiger partial charge in [-0.15, -0.1) is 0 Å². The second-order valence-electron chi connectivity index (χ2n) is 4.06. The number of carbonyl (C=O) groups excluding carboxylic acids is 1. The maximum Gasteiger partial charge on any atom is 0.254 e. The largest absolute Gasteiger partial charge is 0.351 e. The Morgan fingerprint density at radius 2 is 2.11 bits per heavy atom. The summed E-state index contributed by atoms with van der Waals surface area (Å²) >= 11 is 2.77. The molecule has 0 atom stereocenters. The van der Waals surface area contributed by atoms with Crippen LogP contribution in [0.2, 0.25) is 0 Å². The van der Waals surface area contributed by atoms with Crippen molar-refractivity contribution < 1.29 is 4.79 Å². The van der Waals surface area contributed by atoms with Crippen LogP contribution in [-0.2, 0) is 0 Å². The third kappa shape index (κ3) is 2.23. The molecule has 0 N–H and O–H groups in total. The summed E-state index contributed by atoms with van der Waals surface area (Å²) in [6.45, 7) is 3.13. The van der Waals surface area contributed by atoms with E-state index in [4.69, 9.17) is 0 Å². The lowest BCUT2D eigenvalue weighted by molar-refractivity contribution is 0.0747. The van der Waals surface area contributed by atoms with Gasteiger partial charge in [-0.1, -0.05) is 0 Å². The molecule has 94 valence electrons. The van der Waals surface area contributed by atoms with Crippen LogP contribution < -0.4 is 4.90 Å². The maximum atomic E-state index is 12.1. The van der Waals surface area contributed by atoms with Crippen molar-refractivity contribution in [2.75, 3.05) is 31.1 Å². The van der Waals surface area contributed by atoms with Gasteiger partial charge in [-0.25, -0.2) is 0 Å². The van der Waals surface area contributed by atoms with Gasteiger partial charge in [0.2, 0.25) is 0 Å². The Morgan fingerprint density at radius 3 is 2.72 bits per heavy atom. The highest BCUT2D eigenvalue weighted by atomic mass is 32.1. The van der Waals surface area contributed by atoms with E-state index < -0.39 is 0 Å². The molecule has 0 bridgehead atoms. The Balaban J connectivity index is 1.62. The van der Waals surface area contributed by atoms with Gasteiger partial charge >= 0.3 is 0 Å². The van der Waals surface area contributed by atoms with Gasteiger partial charge in [0.05, 0.1) is 23.5 Å². The quantitative estimate of drug-likeness (QED) is 0.837. The summed E-state index contributed by atoms with van der Waals surface area (Å²) in [5, 5.41) is 3.84. The first-order chi connectivity index (χ1) is 8.84. The van der Waals surface area contributed by atoms with Crippen molar-refractivity contribution in [3.8, 4) is 0 Å². The molecule has 0 aromatic carbocycles. The molecule has 2 aromatic heterocycles. The molecule has 5 nitrogen and oxygen atoms in total. The molecule has 0 unspecified atom stereocenters. The third-order valence-corrected chi connectivity index (χ3v) is 4.16. The van der Waals surface area contributed by atoms with Crippen molar-refractivity contribution in [1.82, 2.24) is 13.6 Å². The van der Waals surface area contributed by atoms with Crippen molar-refractivity contribution in [3.05, 3.63) is 28.6 Å². The van der Waals surface area contributed by atoms with Crippen LogP contribution in [-0.4, -0.2) is 45.7 Å². The van der Waals surface area contributed by atoms with Crippen molar-refractivity contribution >= 4 is 34.8 Å². The smallest absolute Gasteiger partial charge is 0.254 e. The maximum absolute atomic E-state index is 12.1. The predicted molar refractivity (Wildman–Crippen MR) is 72.3 cm³/mol. The first-order valence-electron chi connectivity index (χ1n) is 5.68. The molecular weight excluding hydrogens is 268 g/mol. The molecule has 0 radical (unpaired) electrons. The van der Waals surface area contributed by atoms with Crippen LogP contribution in [0.15, 0.2) is 23.0 Å². The van der Waals surface area contributed by atoms with Gasteiger partial charge in [0.1, 0.15) is 0 Å². The van der Waals surface area contributed by atoms with Crippen LogP contribution in [0.25, 0.3) is 0 Å². The van der Waals surface area contributed by atoms with Crippen LogP contribution in [0.4, 0.5) is 5.82 Å². The molecular formula is C11H12N4OS2. The summed E-state index contributed by atoms with van der Waals surface area (Å²) in [4.78, 5) is 16.2. The van der Waals surface area contributed by atoms with Crippen LogP contribution in [0, 0.1) is 0 Å². The minimum atomic E-state index is 0.132. The Hall–Kier alpha value is -1.47. The molecule has 1 saturated heterocycles. The fourth-order valence-corrected chi connectivity index (χ4v) is 3.07. The van der Waals surface area contributed by atoms with Gasteiger partial charge in [-0.05, 0) is 11.4 Å². The zero-order valence-corrected chi connectivity index (χ0v) is 11.3. The van der Waals surface area contributed by atoms with Crippen molar-refractivity contribution in [3.63, 3.8) is 0 Å². The first kappa shape index (κ1) is 11.6. The number of aromatic nitrogens is 2. The highest BCUT2D eigenvalue weighted by Gasteiger charge is 2.23. The van der Waals surface area contributed by atoms with Crippen molar-refractivity contribution in [2.24, 2.45) is 0 Å². The Morgan fingerprint density at radius 1 is 1.28 bits per heavy atom. The average Bonchev–Trinajstić information content (AvgIpc) is 3.11. The molecule has 1 fully saturated rings. The molecule has 1 amide bonds.